The van der Waals surface area contributed by atoms with Crippen molar-refractivity contribution in [1.82, 2.24) is 9.47 Å². The van der Waals surface area contributed by atoms with Crippen molar-refractivity contribution in [2.45, 2.75) is 30.3 Å². The summed E-state index contributed by atoms with van der Waals surface area (Å²) in [6, 6.07) is 14.8. The molecule has 3 aromatic rings. The third-order valence-electron chi connectivity index (χ3n) is 5.08. The first kappa shape index (κ1) is 18.5. The Kier molecular flexibility index (Phi) is 4.80. The van der Waals surface area contributed by atoms with E-state index in [-0.39, 0.29) is 23.1 Å². The maximum atomic E-state index is 12.9. The average Bonchev–Trinajstić information content (AvgIpc) is 3.26. The molecular formula is C20H20N2O5S. The maximum absolute atomic E-state index is 12.9. The van der Waals surface area contributed by atoms with E-state index in [9.17, 15) is 18.0 Å². The summed E-state index contributed by atoms with van der Waals surface area (Å²) in [5.74, 6) is -0.995. The van der Waals surface area contributed by atoms with Crippen molar-refractivity contribution in [1.29, 1.82) is 0 Å². The van der Waals surface area contributed by atoms with Gasteiger partial charge in [-0.3, -0.25) is 9.36 Å². The van der Waals surface area contributed by atoms with Crippen LogP contribution < -0.4 is 5.76 Å². The highest BCUT2D eigenvalue weighted by Crippen LogP contribution is 2.23. The van der Waals surface area contributed by atoms with Crippen molar-refractivity contribution in [3.8, 4) is 0 Å². The Bertz CT molecular complexity index is 1160. The number of hydrogen-bond donors (Lipinski definition) is 0. The first-order valence-electron chi connectivity index (χ1n) is 9.11. The molecule has 146 valence electrons. The highest BCUT2D eigenvalue weighted by Gasteiger charge is 2.33. The molecule has 0 N–H and O–H groups in total. The second kappa shape index (κ2) is 7.27. The summed E-state index contributed by atoms with van der Waals surface area (Å²) in [5.41, 5.74) is 0.971. The number of fused-ring (bicyclic) bond motifs is 1. The van der Waals surface area contributed by atoms with Crippen molar-refractivity contribution in [2.75, 3.05) is 12.3 Å². The highest BCUT2D eigenvalue weighted by molar-refractivity contribution is 7.91. The molecule has 0 unspecified atom stereocenters. The fourth-order valence-corrected chi connectivity index (χ4v) is 5.32. The second-order valence-corrected chi connectivity index (χ2v) is 8.93. The highest BCUT2D eigenvalue weighted by atomic mass is 32.2. The Balaban J connectivity index is 1.54. The lowest BCUT2D eigenvalue weighted by Crippen LogP contribution is -2.42. The van der Waals surface area contributed by atoms with Gasteiger partial charge in [-0.05, 0) is 37.1 Å². The Morgan fingerprint density at radius 3 is 2.57 bits per heavy atom. The van der Waals surface area contributed by atoms with Crippen molar-refractivity contribution in [3.05, 3.63) is 65.1 Å². The van der Waals surface area contributed by atoms with Gasteiger partial charge in [-0.25, -0.2) is 13.2 Å². The van der Waals surface area contributed by atoms with E-state index in [0.29, 0.717) is 24.1 Å². The van der Waals surface area contributed by atoms with Crippen LogP contribution in [-0.2, 0) is 21.2 Å². The number of oxazole rings is 1. The lowest BCUT2D eigenvalue weighted by Gasteiger charge is -2.24. The fraction of sp³-hybridized carbons (Fsp3) is 0.300. The summed E-state index contributed by atoms with van der Waals surface area (Å²) in [7, 11) is -3.50. The van der Waals surface area contributed by atoms with Gasteiger partial charge in [0, 0.05) is 12.6 Å². The number of carbonyl (C=O) groups is 1. The van der Waals surface area contributed by atoms with E-state index in [4.69, 9.17) is 4.42 Å². The zero-order valence-electron chi connectivity index (χ0n) is 15.2. The standard InChI is InChI=1S/C20H20N2O5S/c23-19(13-22-17-10-4-5-11-18(17)27-20(22)24)21-12-6-7-15(21)14-28(25,26)16-8-2-1-3-9-16/h1-5,8-11,15H,6-7,12-14H2/t15-/m1/s1. The number of nitrogens with zero attached hydrogens (tertiary/aromatic N) is 2. The number of hydrogen-bond acceptors (Lipinski definition) is 5. The van der Waals surface area contributed by atoms with E-state index < -0.39 is 21.6 Å². The molecule has 1 atom stereocenters. The quantitative estimate of drug-likeness (QED) is 0.654. The van der Waals surface area contributed by atoms with Crippen molar-refractivity contribution >= 4 is 26.8 Å². The number of carbonyl (C=O) groups excluding carboxylic acids is 1. The van der Waals surface area contributed by atoms with Gasteiger partial charge in [-0.1, -0.05) is 30.3 Å². The molecule has 8 heteroatoms. The second-order valence-electron chi connectivity index (χ2n) is 6.90. The topological polar surface area (TPSA) is 89.6 Å². The first-order chi connectivity index (χ1) is 13.5. The summed E-state index contributed by atoms with van der Waals surface area (Å²) in [6.45, 7) is 0.316. The minimum Gasteiger partial charge on any atom is -0.408 e. The lowest BCUT2D eigenvalue weighted by molar-refractivity contribution is -0.132. The average molecular weight is 400 g/mol. The number of aromatic nitrogens is 1. The Hall–Kier alpha value is -2.87. The predicted octanol–water partition coefficient (Wildman–Crippen LogP) is 2.06. The van der Waals surface area contributed by atoms with Crippen LogP contribution in [0.1, 0.15) is 12.8 Å². The van der Waals surface area contributed by atoms with Gasteiger partial charge in [0.15, 0.2) is 15.4 Å². The van der Waals surface area contributed by atoms with Gasteiger partial charge in [-0.2, -0.15) is 0 Å². The van der Waals surface area contributed by atoms with Crippen molar-refractivity contribution in [2.24, 2.45) is 0 Å². The first-order valence-corrected chi connectivity index (χ1v) is 10.8. The molecule has 0 radical (unpaired) electrons. The van der Waals surface area contributed by atoms with Crippen molar-refractivity contribution in [3.63, 3.8) is 0 Å². The zero-order chi connectivity index (χ0) is 19.7. The van der Waals surface area contributed by atoms with Gasteiger partial charge in [-0.15, -0.1) is 0 Å². The van der Waals surface area contributed by atoms with Crippen LogP contribution in [0.2, 0.25) is 0 Å². The van der Waals surface area contributed by atoms with Crippen LogP contribution in [0.5, 0.6) is 0 Å². The van der Waals surface area contributed by atoms with E-state index in [1.807, 2.05) is 0 Å². The summed E-state index contributed by atoms with van der Waals surface area (Å²) < 4.78 is 31.8. The van der Waals surface area contributed by atoms with Crippen LogP contribution in [0, 0.1) is 0 Å². The van der Waals surface area contributed by atoms with Gasteiger partial charge in [0.1, 0.15) is 6.54 Å². The fourth-order valence-electron chi connectivity index (χ4n) is 3.70. The molecule has 0 bridgehead atoms. The maximum Gasteiger partial charge on any atom is 0.420 e. The molecule has 1 saturated heterocycles. The number of benzene rings is 2. The molecule has 2 aromatic carbocycles. The monoisotopic (exact) mass is 400 g/mol. The summed E-state index contributed by atoms with van der Waals surface area (Å²) in [4.78, 5) is 26.8. The molecule has 0 saturated carbocycles. The Labute approximate surface area is 162 Å². The molecule has 28 heavy (non-hydrogen) atoms. The number of amides is 1. The van der Waals surface area contributed by atoms with Gasteiger partial charge < -0.3 is 9.32 Å². The van der Waals surface area contributed by atoms with Gasteiger partial charge >= 0.3 is 5.76 Å². The van der Waals surface area contributed by atoms with Crippen LogP contribution >= 0.6 is 0 Å². The number of likely N-dealkylation sites (tertiary alicyclic amines) is 1. The van der Waals surface area contributed by atoms with Crippen LogP contribution in [0.15, 0.2) is 68.7 Å². The molecular weight excluding hydrogens is 380 g/mol. The van der Waals surface area contributed by atoms with E-state index >= 15 is 0 Å². The molecule has 7 nitrogen and oxygen atoms in total. The molecule has 2 heterocycles. The molecule has 1 aliphatic heterocycles. The normalized spacial score (nSPS) is 17.3. The number of rotatable bonds is 5. The van der Waals surface area contributed by atoms with Crippen LogP contribution in [0.3, 0.4) is 0 Å². The number of para-hydroxylation sites is 2. The summed E-state index contributed by atoms with van der Waals surface area (Å²) in [5, 5.41) is 0. The molecule has 1 aromatic heterocycles. The SMILES string of the molecule is O=C(Cn1c(=O)oc2ccccc21)N1CCC[C@@H]1CS(=O)(=O)c1ccccc1. The van der Waals surface area contributed by atoms with Crippen LogP contribution in [0.4, 0.5) is 0 Å². The lowest BCUT2D eigenvalue weighted by atomic mass is 10.2. The number of sulfone groups is 1. The summed E-state index contributed by atoms with van der Waals surface area (Å²) >= 11 is 0. The molecule has 4 rings (SSSR count). The van der Waals surface area contributed by atoms with Gasteiger partial charge in [0.05, 0.1) is 16.2 Å². The van der Waals surface area contributed by atoms with Gasteiger partial charge in [0.2, 0.25) is 5.91 Å². The third-order valence-corrected chi connectivity index (χ3v) is 6.89. The zero-order valence-corrected chi connectivity index (χ0v) is 16.0. The van der Waals surface area contributed by atoms with E-state index in [0.717, 1.165) is 6.42 Å². The Morgan fingerprint density at radius 2 is 1.79 bits per heavy atom. The van der Waals surface area contributed by atoms with Crippen LogP contribution in [-0.4, -0.2) is 42.1 Å². The Morgan fingerprint density at radius 1 is 1.07 bits per heavy atom. The molecule has 0 aliphatic carbocycles. The van der Waals surface area contributed by atoms with Crippen LogP contribution in [0.25, 0.3) is 11.1 Å². The minimum absolute atomic E-state index is 0.121. The molecule has 1 fully saturated rings. The molecule has 1 amide bonds. The third kappa shape index (κ3) is 3.47. The van der Waals surface area contributed by atoms with E-state index in [1.54, 1.807) is 59.5 Å². The minimum atomic E-state index is -3.50. The van der Waals surface area contributed by atoms with E-state index in [1.165, 1.54) is 4.57 Å². The molecule has 0 spiro atoms. The molecule has 1 aliphatic rings. The smallest absolute Gasteiger partial charge is 0.408 e. The van der Waals surface area contributed by atoms with Gasteiger partial charge in [0.25, 0.3) is 0 Å². The van der Waals surface area contributed by atoms with Crippen molar-refractivity contribution < 1.29 is 17.6 Å². The van der Waals surface area contributed by atoms with E-state index in [2.05, 4.69) is 0 Å². The predicted molar refractivity (Wildman–Crippen MR) is 104 cm³/mol. The summed E-state index contributed by atoms with van der Waals surface area (Å²) in [6.07, 6.45) is 1.36. The largest absolute Gasteiger partial charge is 0.420 e.